The third-order valence-corrected chi connectivity index (χ3v) is 5.43. The summed E-state index contributed by atoms with van der Waals surface area (Å²) >= 11 is 0. The predicted molar refractivity (Wildman–Crippen MR) is 111 cm³/mol. The van der Waals surface area contributed by atoms with Crippen LogP contribution in [0.3, 0.4) is 0 Å². The van der Waals surface area contributed by atoms with Gasteiger partial charge in [-0.1, -0.05) is 43.9 Å². The summed E-state index contributed by atoms with van der Waals surface area (Å²) in [6.07, 6.45) is 8.16. The van der Waals surface area contributed by atoms with Crippen LogP contribution in [-0.2, 0) is 11.8 Å². The minimum Gasteiger partial charge on any atom is -0.383 e. The van der Waals surface area contributed by atoms with Crippen LogP contribution in [0.15, 0.2) is 43.1 Å². The number of aryl methyl sites for hydroxylation is 1. The largest absolute Gasteiger partial charge is 0.383 e. The Morgan fingerprint density at radius 3 is 2.67 bits per heavy atom. The highest BCUT2D eigenvalue weighted by atomic mass is 16.5. The van der Waals surface area contributed by atoms with Crippen LogP contribution in [0.2, 0.25) is 0 Å². The van der Waals surface area contributed by atoms with E-state index in [1.807, 2.05) is 49.2 Å². The molecule has 0 aliphatic carbocycles. The van der Waals surface area contributed by atoms with E-state index in [1.165, 1.54) is 0 Å². The van der Waals surface area contributed by atoms with Crippen molar-refractivity contribution >= 4 is 18.1 Å². The molecule has 2 aromatic rings. The number of carbonyl (C=O) groups excluding carboxylic acids is 1. The Kier molecular flexibility index (Phi) is 5.66. The van der Waals surface area contributed by atoms with Gasteiger partial charge in [0.1, 0.15) is 0 Å². The van der Waals surface area contributed by atoms with E-state index >= 15 is 0 Å². The molecule has 0 N–H and O–H groups in total. The van der Waals surface area contributed by atoms with Gasteiger partial charge in [-0.05, 0) is 24.6 Å². The van der Waals surface area contributed by atoms with E-state index in [0.29, 0.717) is 13.2 Å². The molecule has 3 rings (SSSR count). The Bertz CT molecular complexity index is 878. The molecule has 4 nitrogen and oxygen atoms in total. The van der Waals surface area contributed by atoms with E-state index in [-0.39, 0.29) is 17.9 Å². The Balaban J connectivity index is 2.20. The zero-order valence-corrected chi connectivity index (χ0v) is 16.6. The van der Waals surface area contributed by atoms with E-state index in [2.05, 4.69) is 36.4 Å². The monoisotopic (exact) mass is 364 g/mol. The van der Waals surface area contributed by atoms with Crippen LogP contribution in [0.4, 0.5) is 0 Å². The van der Waals surface area contributed by atoms with E-state index in [0.717, 1.165) is 27.9 Å². The molecular weight excluding hydrogens is 336 g/mol. The number of carbonyl (C=O) groups is 1. The summed E-state index contributed by atoms with van der Waals surface area (Å²) in [5, 5.41) is 0. The van der Waals surface area contributed by atoms with Gasteiger partial charge in [0.15, 0.2) is 0 Å². The number of ether oxygens (including phenoxy) is 1. The lowest BCUT2D eigenvalue weighted by atomic mass is 9.80. The number of rotatable bonds is 6. The predicted octanol–water partition coefficient (Wildman–Crippen LogP) is 4.65. The average Bonchev–Trinajstić information content (AvgIpc) is 2.98. The number of hydrogen-bond acceptors (Lipinski definition) is 2. The van der Waals surface area contributed by atoms with Gasteiger partial charge in [-0.15, -0.1) is 0 Å². The zero-order valence-electron chi connectivity index (χ0n) is 16.6. The lowest BCUT2D eigenvalue weighted by molar-refractivity contribution is 0.0532. The number of methoxy groups -OCH3 is 1. The highest BCUT2D eigenvalue weighted by Crippen LogP contribution is 2.44. The summed E-state index contributed by atoms with van der Waals surface area (Å²) in [7, 11) is 3.70. The number of allylic oxidation sites excluding steroid dienone is 1. The number of benzene rings is 1. The lowest BCUT2D eigenvalue weighted by Crippen LogP contribution is -2.43. The van der Waals surface area contributed by atoms with E-state index in [1.54, 1.807) is 7.11 Å². The quantitative estimate of drug-likeness (QED) is 0.748. The molecule has 0 bridgehead atoms. The maximum Gasteiger partial charge on any atom is 0.254 e. The highest BCUT2D eigenvalue weighted by Gasteiger charge is 2.39. The summed E-state index contributed by atoms with van der Waals surface area (Å²) in [6.45, 7) is 9.26. The first kappa shape index (κ1) is 19.2. The number of amides is 1. The van der Waals surface area contributed by atoms with Crippen LogP contribution in [0.25, 0.3) is 12.2 Å². The Morgan fingerprint density at radius 1 is 1.26 bits per heavy atom. The molecule has 0 saturated heterocycles. The normalized spacial score (nSPS) is 19.6. The molecule has 2 atom stereocenters. The van der Waals surface area contributed by atoms with Crippen molar-refractivity contribution in [1.82, 2.24) is 9.47 Å². The van der Waals surface area contributed by atoms with Crippen LogP contribution >= 0.6 is 0 Å². The Labute approximate surface area is 161 Å². The van der Waals surface area contributed by atoms with Crippen molar-refractivity contribution in [3.05, 3.63) is 71.1 Å². The Morgan fingerprint density at radius 2 is 2.00 bits per heavy atom. The molecule has 0 saturated carbocycles. The Hall–Kier alpha value is -2.59. The van der Waals surface area contributed by atoms with Crippen molar-refractivity contribution in [3.63, 3.8) is 0 Å². The van der Waals surface area contributed by atoms with Crippen molar-refractivity contribution in [2.45, 2.75) is 25.8 Å². The highest BCUT2D eigenvalue weighted by molar-refractivity contribution is 5.97. The second kappa shape index (κ2) is 7.97. The molecule has 1 aromatic carbocycles. The molecule has 2 heterocycles. The zero-order chi connectivity index (χ0) is 19.6. The number of nitrogens with zero attached hydrogens (tertiary/aromatic N) is 2. The van der Waals surface area contributed by atoms with Crippen LogP contribution in [-0.4, -0.2) is 35.6 Å². The van der Waals surface area contributed by atoms with Crippen molar-refractivity contribution < 1.29 is 9.53 Å². The van der Waals surface area contributed by atoms with Crippen molar-refractivity contribution in [2.24, 2.45) is 7.05 Å². The smallest absolute Gasteiger partial charge is 0.254 e. The molecule has 4 heteroatoms. The molecule has 1 aliphatic rings. The molecule has 1 aliphatic heterocycles. The summed E-state index contributed by atoms with van der Waals surface area (Å²) in [6, 6.07) is 7.90. The standard InChI is InChI=1S/C23H28N2O2/c1-6-10-18-20(15-24(4)21(18)7-2)22-16(3)17-11-8-9-12-19(17)23(26)25(22)13-14-27-5/h6-12,15-16,22H,2,13-14H2,1,3-5H3/b10-6-. The molecule has 0 fully saturated rings. The third-order valence-electron chi connectivity index (χ3n) is 5.43. The number of fused-ring (bicyclic) bond motifs is 1. The first-order valence-corrected chi connectivity index (χ1v) is 9.38. The van der Waals surface area contributed by atoms with Crippen LogP contribution in [0.1, 0.15) is 58.5 Å². The SMILES string of the molecule is C=Cc1c(/C=C\C)c(C2C(C)c3ccccc3C(=O)N2CCOC)cn1C. The topological polar surface area (TPSA) is 34.5 Å². The second-order valence-corrected chi connectivity index (χ2v) is 7.01. The maximum absolute atomic E-state index is 13.3. The van der Waals surface area contributed by atoms with Crippen molar-refractivity contribution in [1.29, 1.82) is 0 Å². The van der Waals surface area contributed by atoms with Gasteiger partial charge < -0.3 is 14.2 Å². The van der Waals surface area contributed by atoms with Crippen molar-refractivity contribution in [3.8, 4) is 0 Å². The second-order valence-electron chi connectivity index (χ2n) is 7.01. The molecule has 1 aromatic heterocycles. The van der Waals surface area contributed by atoms with Gasteiger partial charge in [-0.25, -0.2) is 0 Å². The van der Waals surface area contributed by atoms with Crippen LogP contribution in [0.5, 0.6) is 0 Å². The summed E-state index contributed by atoms with van der Waals surface area (Å²) < 4.78 is 7.39. The molecular formula is C23H28N2O2. The molecule has 2 unspecified atom stereocenters. The molecule has 1 amide bonds. The molecule has 27 heavy (non-hydrogen) atoms. The van der Waals surface area contributed by atoms with Gasteiger partial charge in [-0.2, -0.15) is 0 Å². The van der Waals surface area contributed by atoms with Crippen LogP contribution < -0.4 is 0 Å². The van der Waals surface area contributed by atoms with Gasteiger partial charge in [0.2, 0.25) is 0 Å². The minimum absolute atomic E-state index is 0.0475. The van der Waals surface area contributed by atoms with Gasteiger partial charge >= 0.3 is 0 Å². The van der Waals surface area contributed by atoms with Crippen LogP contribution in [0, 0.1) is 0 Å². The maximum atomic E-state index is 13.3. The van der Waals surface area contributed by atoms with E-state index < -0.39 is 0 Å². The van der Waals surface area contributed by atoms with Gasteiger partial charge in [0.05, 0.1) is 12.6 Å². The first-order chi connectivity index (χ1) is 13.0. The van der Waals surface area contributed by atoms with E-state index in [9.17, 15) is 4.79 Å². The number of aromatic nitrogens is 1. The average molecular weight is 364 g/mol. The third kappa shape index (κ3) is 3.26. The van der Waals surface area contributed by atoms with Gasteiger partial charge in [0, 0.05) is 55.2 Å². The molecule has 0 radical (unpaired) electrons. The minimum atomic E-state index is -0.0475. The fraction of sp³-hybridized carbons (Fsp3) is 0.348. The summed E-state index contributed by atoms with van der Waals surface area (Å²) in [5.74, 6) is 0.251. The first-order valence-electron chi connectivity index (χ1n) is 9.38. The summed E-state index contributed by atoms with van der Waals surface area (Å²) in [5.41, 5.74) is 5.24. The fourth-order valence-electron chi connectivity index (χ4n) is 4.20. The van der Waals surface area contributed by atoms with Gasteiger partial charge in [0.25, 0.3) is 5.91 Å². The lowest BCUT2D eigenvalue weighted by Gasteiger charge is -2.41. The fourth-order valence-corrected chi connectivity index (χ4v) is 4.20. The van der Waals surface area contributed by atoms with E-state index in [4.69, 9.17) is 4.74 Å². The summed E-state index contributed by atoms with van der Waals surface area (Å²) in [4.78, 5) is 15.3. The molecule has 0 spiro atoms. The van der Waals surface area contributed by atoms with Crippen molar-refractivity contribution in [2.75, 3.05) is 20.3 Å². The molecule has 142 valence electrons. The van der Waals surface area contributed by atoms with Gasteiger partial charge in [-0.3, -0.25) is 4.79 Å². The number of hydrogen-bond donors (Lipinski definition) is 0.